The minimum atomic E-state index is -1.20. The molecule has 0 saturated heterocycles. The van der Waals surface area contributed by atoms with E-state index in [9.17, 15) is 19.8 Å². The minimum absolute atomic E-state index is 0. The first-order valence-electron chi connectivity index (χ1n) is 14.3. The van der Waals surface area contributed by atoms with Crippen molar-refractivity contribution in [2.75, 3.05) is 0 Å². The largest absolute Gasteiger partial charge is 0.480 e. The van der Waals surface area contributed by atoms with Gasteiger partial charge in [-0.25, -0.2) is 0 Å². The number of carbonyl (C=O) groups is 2. The quantitative estimate of drug-likeness (QED) is 0.130. The van der Waals surface area contributed by atoms with Gasteiger partial charge in [-0.2, -0.15) is 0 Å². The molecule has 0 spiro atoms. The first-order chi connectivity index (χ1) is 21.5. The molecule has 6 aromatic rings. The van der Waals surface area contributed by atoms with Gasteiger partial charge in [-0.1, -0.05) is 182 Å². The Morgan fingerprint density at radius 3 is 0.556 bits per heavy atom. The van der Waals surface area contributed by atoms with Gasteiger partial charge in [-0.15, -0.1) is 0 Å². The van der Waals surface area contributed by atoms with E-state index in [0.29, 0.717) is 0 Å². The van der Waals surface area contributed by atoms with Crippen LogP contribution in [-0.2, 0) is 39.9 Å². The Balaban J connectivity index is 0.000000200. The van der Waals surface area contributed by atoms with Crippen LogP contribution in [0.4, 0.5) is 0 Å². The number of hydrogen-bond acceptors (Lipinski definition) is 2. The monoisotopic (exact) mass is 640 g/mol. The number of carboxylic acid groups (broad SMARTS) is 2. The molecule has 45 heavy (non-hydrogen) atoms. The molecule has 0 aliphatic rings. The Bertz CT molecular complexity index is 1450. The number of carboxylic acids is 2. The molecule has 2 N–H and O–H groups in total. The van der Waals surface area contributed by atoms with E-state index in [2.05, 4.69) is 0 Å². The maximum atomic E-state index is 12.4. The molecule has 218 valence electrons. The smallest absolute Gasteiger partial charge is 0.323 e. The van der Waals surface area contributed by atoms with Crippen LogP contribution in [0.25, 0.3) is 0 Å². The molecule has 0 aromatic heterocycles. The summed E-state index contributed by atoms with van der Waals surface area (Å²) < 4.78 is 0. The number of aliphatic carboxylic acids is 2. The average molecular weight is 642 g/mol. The normalized spacial score (nSPS) is 10.8. The van der Waals surface area contributed by atoms with Crippen molar-refractivity contribution in [3.63, 3.8) is 0 Å². The van der Waals surface area contributed by atoms with Gasteiger partial charge < -0.3 is 10.2 Å². The zero-order valence-corrected chi connectivity index (χ0v) is 27.7. The Morgan fingerprint density at radius 1 is 0.311 bits per heavy atom. The Morgan fingerprint density at radius 2 is 0.444 bits per heavy atom. The average Bonchev–Trinajstić information content (AvgIpc) is 3.08. The summed E-state index contributed by atoms with van der Waals surface area (Å²) in [6.07, 6.45) is 0. The van der Waals surface area contributed by atoms with E-state index in [-0.39, 0.29) is 19.5 Å². The van der Waals surface area contributed by atoms with Crippen LogP contribution in [0, 0.1) is 0 Å². The van der Waals surface area contributed by atoms with E-state index in [0.717, 1.165) is 33.4 Å². The van der Waals surface area contributed by atoms with Crippen molar-refractivity contribution in [1.29, 1.82) is 0 Å². The summed E-state index contributed by atoms with van der Waals surface area (Å²) >= 11 is 0. The third kappa shape index (κ3) is 6.40. The van der Waals surface area contributed by atoms with Crippen molar-refractivity contribution in [2.45, 2.75) is 10.8 Å². The minimum Gasteiger partial charge on any atom is -0.480 e. The molecule has 0 radical (unpaired) electrons. The molecule has 0 heterocycles. The van der Waals surface area contributed by atoms with Crippen LogP contribution in [0.15, 0.2) is 182 Å². The SMILES string of the molecule is O=C(O)C(c1ccccc1)(c1ccccc1)c1ccccc1.O=C(O)C(c1ccccc1)(c1ccccc1)c1ccccc1.[Zn]. The number of benzene rings is 6. The zero-order chi connectivity index (χ0) is 30.8. The second kappa shape index (κ2) is 15.1. The predicted molar refractivity (Wildman–Crippen MR) is 174 cm³/mol. The molecule has 0 aliphatic heterocycles. The molecule has 5 heteroatoms. The maximum absolute atomic E-state index is 12.4. The Kier molecular flexibility index (Phi) is 11.0. The van der Waals surface area contributed by atoms with E-state index in [1.165, 1.54) is 0 Å². The van der Waals surface area contributed by atoms with Crippen LogP contribution in [0.5, 0.6) is 0 Å². The van der Waals surface area contributed by atoms with E-state index in [1.807, 2.05) is 182 Å². The first-order valence-corrected chi connectivity index (χ1v) is 14.3. The first kappa shape index (κ1) is 32.8. The summed E-state index contributed by atoms with van der Waals surface area (Å²) in [5.74, 6) is -1.76. The molecule has 0 aliphatic carbocycles. The second-order valence-corrected chi connectivity index (χ2v) is 10.3. The van der Waals surface area contributed by atoms with Crippen molar-refractivity contribution < 1.29 is 39.3 Å². The van der Waals surface area contributed by atoms with Gasteiger partial charge in [0.2, 0.25) is 0 Å². The van der Waals surface area contributed by atoms with Crippen molar-refractivity contribution >= 4 is 11.9 Å². The van der Waals surface area contributed by atoms with Crippen LogP contribution >= 0.6 is 0 Å². The summed E-state index contributed by atoms with van der Waals surface area (Å²) in [6, 6.07) is 56.3. The zero-order valence-electron chi connectivity index (χ0n) is 24.7. The fourth-order valence-corrected chi connectivity index (χ4v) is 5.87. The predicted octanol–water partition coefficient (Wildman–Crippen LogP) is 8.21. The van der Waals surface area contributed by atoms with Gasteiger partial charge in [0, 0.05) is 19.5 Å². The molecule has 6 rings (SSSR count). The fourth-order valence-electron chi connectivity index (χ4n) is 5.87. The third-order valence-electron chi connectivity index (χ3n) is 7.88. The molecule has 6 aromatic carbocycles. The van der Waals surface area contributed by atoms with Crippen molar-refractivity contribution in [3.05, 3.63) is 215 Å². The van der Waals surface area contributed by atoms with Crippen molar-refractivity contribution in [1.82, 2.24) is 0 Å². The topological polar surface area (TPSA) is 74.6 Å². The van der Waals surface area contributed by atoms with Crippen LogP contribution in [0.3, 0.4) is 0 Å². The van der Waals surface area contributed by atoms with Gasteiger partial charge in [0.15, 0.2) is 0 Å². The fraction of sp³-hybridized carbons (Fsp3) is 0.0500. The van der Waals surface area contributed by atoms with Crippen molar-refractivity contribution in [2.24, 2.45) is 0 Å². The molecule has 0 unspecified atom stereocenters. The number of rotatable bonds is 8. The Labute approximate surface area is 276 Å². The molecule has 0 atom stereocenters. The third-order valence-corrected chi connectivity index (χ3v) is 7.88. The van der Waals surface area contributed by atoms with E-state index < -0.39 is 22.8 Å². The van der Waals surface area contributed by atoms with E-state index in [1.54, 1.807) is 0 Å². The standard InChI is InChI=1S/2C20H16O2.Zn/c2*21-19(22)20(16-10-4-1-5-11-16,17-12-6-2-7-13-17)18-14-8-3-9-15-18;/h2*1-15H,(H,21,22);. The molecule has 0 amide bonds. The van der Waals surface area contributed by atoms with Gasteiger partial charge >= 0.3 is 11.9 Å². The van der Waals surface area contributed by atoms with E-state index >= 15 is 0 Å². The van der Waals surface area contributed by atoms with Crippen LogP contribution in [-0.4, -0.2) is 22.2 Å². The second-order valence-electron chi connectivity index (χ2n) is 10.3. The van der Waals surface area contributed by atoms with Gasteiger partial charge in [-0.05, 0) is 33.4 Å². The van der Waals surface area contributed by atoms with Crippen molar-refractivity contribution in [3.8, 4) is 0 Å². The maximum Gasteiger partial charge on any atom is 0.323 e. The number of hydrogen-bond donors (Lipinski definition) is 2. The summed E-state index contributed by atoms with van der Waals surface area (Å²) in [5, 5.41) is 20.4. The molecular formula is C40H32O4Zn. The molecule has 0 saturated carbocycles. The summed E-state index contributed by atoms with van der Waals surface area (Å²) in [5.41, 5.74) is 2.09. The Hall–Kier alpha value is -5.12. The van der Waals surface area contributed by atoms with E-state index in [4.69, 9.17) is 0 Å². The van der Waals surface area contributed by atoms with Crippen LogP contribution in [0.2, 0.25) is 0 Å². The molecule has 0 bridgehead atoms. The van der Waals surface area contributed by atoms with Gasteiger partial charge in [-0.3, -0.25) is 9.59 Å². The molecular weight excluding hydrogens is 610 g/mol. The van der Waals surface area contributed by atoms with Gasteiger partial charge in [0.05, 0.1) is 0 Å². The summed E-state index contributed by atoms with van der Waals surface area (Å²) in [7, 11) is 0. The van der Waals surface area contributed by atoms with Gasteiger partial charge in [0.1, 0.15) is 10.8 Å². The van der Waals surface area contributed by atoms with Gasteiger partial charge in [0.25, 0.3) is 0 Å². The van der Waals surface area contributed by atoms with Crippen LogP contribution < -0.4 is 0 Å². The summed E-state index contributed by atoms with van der Waals surface area (Å²) in [4.78, 5) is 24.8. The molecule has 4 nitrogen and oxygen atoms in total. The summed E-state index contributed by atoms with van der Waals surface area (Å²) in [6.45, 7) is 0. The van der Waals surface area contributed by atoms with Crippen LogP contribution in [0.1, 0.15) is 33.4 Å². The molecule has 0 fully saturated rings.